The summed E-state index contributed by atoms with van der Waals surface area (Å²) in [6.45, 7) is 15.7. The largest absolute Gasteiger partial charge is 0.461 e. The average molecular weight is 374 g/mol. The van der Waals surface area contributed by atoms with E-state index in [4.69, 9.17) is 23.7 Å². The topological polar surface area (TPSA) is 80.3 Å². The van der Waals surface area contributed by atoms with Gasteiger partial charge in [-0.05, 0) is 48.0 Å². The summed E-state index contributed by atoms with van der Waals surface area (Å²) >= 11 is 0. The number of ether oxygens (including phenoxy) is 5. The summed E-state index contributed by atoms with van der Waals surface area (Å²) in [5.41, 5.74) is -0.839. The van der Waals surface area contributed by atoms with Crippen LogP contribution in [0.25, 0.3) is 0 Å². The van der Waals surface area contributed by atoms with E-state index in [1.54, 1.807) is 48.7 Å². The third-order valence-corrected chi connectivity index (χ3v) is 3.79. The molecule has 0 amide bonds. The number of hydrogen-bond donors (Lipinski definition) is 0. The summed E-state index contributed by atoms with van der Waals surface area (Å²) in [5, 5.41) is 0. The Balaban J connectivity index is 4.59. The minimum Gasteiger partial charge on any atom is -0.461 e. The molecule has 3 atom stereocenters. The van der Waals surface area contributed by atoms with Crippen molar-refractivity contribution in [3.05, 3.63) is 12.2 Å². The Morgan fingerprint density at radius 2 is 1.50 bits per heavy atom. The van der Waals surface area contributed by atoms with Crippen molar-refractivity contribution < 1.29 is 33.3 Å². The molecule has 0 heterocycles. The minimum absolute atomic E-state index is 0.0239. The first-order valence-electron chi connectivity index (χ1n) is 8.77. The molecule has 0 aromatic carbocycles. The van der Waals surface area contributed by atoms with Gasteiger partial charge >= 0.3 is 11.9 Å². The summed E-state index contributed by atoms with van der Waals surface area (Å²) in [6, 6.07) is 0. The van der Waals surface area contributed by atoms with Gasteiger partial charge in [0.1, 0.15) is 13.2 Å². The van der Waals surface area contributed by atoms with Crippen LogP contribution in [-0.4, -0.2) is 55.9 Å². The third kappa shape index (κ3) is 8.78. The van der Waals surface area contributed by atoms with Gasteiger partial charge in [0.25, 0.3) is 0 Å². The van der Waals surface area contributed by atoms with Gasteiger partial charge in [-0.15, -0.1) is 0 Å². The molecule has 0 fully saturated rings. The lowest BCUT2D eigenvalue weighted by atomic mass is 10.0. The van der Waals surface area contributed by atoms with Crippen LogP contribution in [0.2, 0.25) is 0 Å². The van der Waals surface area contributed by atoms with E-state index in [0.29, 0.717) is 12.0 Å². The Bertz CT molecular complexity index is 486. The fraction of sp³-hybridized carbons (Fsp3) is 0.789. The van der Waals surface area contributed by atoms with E-state index in [2.05, 4.69) is 6.58 Å². The van der Waals surface area contributed by atoms with Crippen LogP contribution in [-0.2, 0) is 33.3 Å². The summed E-state index contributed by atoms with van der Waals surface area (Å²) in [4.78, 5) is 23.9. The van der Waals surface area contributed by atoms with Crippen molar-refractivity contribution in [2.45, 2.75) is 78.5 Å². The van der Waals surface area contributed by atoms with E-state index >= 15 is 0 Å². The second kappa shape index (κ2) is 10.6. The van der Waals surface area contributed by atoms with Crippen LogP contribution in [0.3, 0.4) is 0 Å². The molecule has 0 saturated carbocycles. The molecule has 0 aliphatic rings. The van der Waals surface area contributed by atoms with Crippen molar-refractivity contribution in [1.29, 1.82) is 0 Å². The van der Waals surface area contributed by atoms with Crippen molar-refractivity contribution in [3.8, 4) is 0 Å². The van der Waals surface area contributed by atoms with Crippen LogP contribution >= 0.6 is 0 Å². The SMILES string of the molecule is C=C(C)C(=O)OCC(C)OC(C)(CC)C(=O)OCC(C)OC(C)(C)OC. The summed E-state index contributed by atoms with van der Waals surface area (Å²) in [6.07, 6.45) is -0.412. The van der Waals surface area contributed by atoms with Gasteiger partial charge in [-0.25, -0.2) is 9.59 Å². The third-order valence-electron chi connectivity index (χ3n) is 3.79. The lowest BCUT2D eigenvalue weighted by molar-refractivity contribution is -0.230. The van der Waals surface area contributed by atoms with Gasteiger partial charge in [0.15, 0.2) is 11.4 Å². The number of esters is 2. The number of methoxy groups -OCH3 is 1. The van der Waals surface area contributed by atoms with Crippen molar-refractivity contribution in [3.63, 3.8) is 0 Å². The summed E-state index contributed by atoms with van der Waals surface area (Å²) < 4.78 is 27.0. The molecule has 0 N–H and O–H groups in total. The van der Waals surface area contributed by atoms with E-state index in [-0.39, 0.29) is 19.3 Å². The van der Waals surface area contributed by atoms with Crippen molar-refractivity contribution in [2.24, 2.45) is 0 Å². The van der Waals surface area contributed by atoms with Crippen LogP contribution < -0.4 is 0 Å². The molecule has 0 rings (SSSR count). The Morgan fingerprint density at radius 1 is 1.00 bits per heavy atom. The van der Waals surface area contributed by atoms with Gasteiger partial charge in [0.05, 0.1) is 12.2 Å². The molecule has 0 bridgehead atoms. The molecular formula is C19H34O7. The fourth-order valence-electron chi connectivity index (χ4n) is 1.98. The second-order valence-corrected chi connectivity index (χ2v) is 7.02. The first-order valence-corrected chi connectivity index (χ1v) is 8.77. The zero-order valence-corrected chi connectivity index (χ0v) is 17.3. The van der Waals surface area contributed by atoms with Crippen molar-refractivity contribution >= 4 is 11.9 Å². The predicted molar refractivity (Wildman–Crippen MR) is 97.6 cm³/mol. The molecular weight excluding hydrogens is 340 g/mol. The Labute approximate surface area is 157 Å². The monoisotopic (exact) mass is 374 g/mol. The van der Waals surface area contributed by atoms with E-state index in [1.807, 2.05) is 6.92 Å². The molecule has 0 aromatic heterocycles. The molecule has 0 spiro atoms. The Kier molecular flexibility index (Phi) is 10.1. The fourth-order valence-corrected chi connectivity index (χ4v) is 1.98. The van der Waals surface area contributed by atoms with E-state index in [1.165, 1.54) is 0 Å². The highest BCUT2D eigenvalue weighted by Gasteiger charge is 2.36. The standard InChI is InChI=1S/C19H34O7/c1-10-19(8,26-15(5)11-23-16(20)13(2)3)17(21)24-12-14(4)25-18(6,7)22-9/h14-15H,2,10-12H2,1,3-9H3. The van der Waals surface area contributed by atoms with Crippen molar-refractivity contribution in [1.82, 2.24) is 0 Å². The van der Waals surface area contributed by atoms with E-state index in [0.717, 1.165) is 0 Å². The van der Waals surface area contributed by atoms with Crippen LogP contribution in [0.4, 0.5) is 0 Å². The normalized spacial score (nSPS) is 16.3. The van der Waals surface area contributed by atoms with Crippen molar-refractivity contribution in [2.75, 3.05) is 20.3 Å². The maximum Gasteiger partial charge on any atom is 0.338 e. The highest BCUT2D eigenvalue weighted by molar-refractivity contribution is 5.86. The lowest BCUT2D eigenvalue weighted by Gasteiger charge is -2.31. The molecule has 0 aliphatic heterocycles. The highest BCUT2D eigenvalue weighted by atomic mass is 16.7. The predicted octanol–water partition coefficient (Wildman–Crippen LogP) is 3.01. The number of carbonyl (C=O) groups excluding carboxylic acids is 2. The van der Waals surface area contributed by atoms with Crippen LogP contribution in [0.15, 0.2) is 12.2 Å². The number of rotatable bonds is 12. The zero-order valence-electron chi connectivity index (χ0n) is 17.3. The van der Waals surface area contributed by atoms with Gasteiger partial charge in [-0.3, -0.25) is 0 Å². The molecule has 0 saturated heterocycles. The van der Waals surface area contributed by atoms with Crippen LogP contribution in [0, 0.1) is 0 Å². The van der Waals surface area contributed by atoms with Gasteiger partial charge < -0.3 is 23.7 Å². The van der Waals surface area contributed by atoms with E-state index < -0.39 is 29.4 Å². The summed E-state index contributed by atoms with van der Waals surface area (Å²) in [5.74, 6) is -1.75. The average Bonchev–Trinajstić information content (AvgIpc) is 2.56. The zero-order chi connectivity index (χ0) is 20.5. The van der Waals surface area contributed by atoms with Crippen LogP contribution in [0.5, 0.6) is 0 Å². The highest BCUT2D eigenvalue weighted by Crippen LogP contribution is 2.21. The van der Waals surface area contributed by atoms with E-state index in [9.17, 15) is 9.59 Å². The first-order chi connectivity index (χ1) is 11.9. The van der Waals surface area contributed by atoms with Gasteiger partial charge in [-0.1, -0.05) is 13.5 Å². The quantitative estimate of drug-likeness (QED) is 0.295. The first kappa shape index (κ1) is 24.6. The smallest absolute Gasteiger partial charge is 0.338 e. The molecule has 0 aromatic rings. The maximum absolute atomic E-state index is 12.5. The summed E-state index contributed by atoms with van der Waals surface area (Å²) in [7, 11) is 1.54. The number of hydrogen-bond acceptors (Lipinski definition) is 7. The minimum atomic E-state index is -1.15. The maximum atomic E-state index is 12.5. The molecule has 26 heavy (non-hydrogen) atoms. The van der Waals surface area contributed by atoms with Crippen LogP contribution in [0.1, 0.15) is 54.9 Å². The van der Waals surface area contributed by atoms with Gasteiger partial charge in [0, 0.05) is 12.7 Å². The molecule has 152 valence electrons. The Morgan fingerprint density at radius 3 is 1.96 bits per heavy atom. The van der Waals surface area contributed by atoms with Gasteiger partial charge in [0.2, 0.25) is 0 Å². The van der Waals surface area contributed by atoms with Gasteiger partial charge in [-0.2, -0.15) is 0 Å². The Hall–Kier alpha value is -1.44. The number of carbonyl (C=O) groups is 2. The second-order valence-electron chi connectivity index (χ2n) is 7.02. The lowest BCUT2D eigenvalue weighted by Crippen LogP contribution is -2.44. The molecule has 0 aliphatic carbocycles. The molecule has 0 radical (unpaired) electrons. The molecule has 3 unspecified atom stereocenters. The molecule has 7 heteroatoms. The molecule has 7 nitrogen and oxygen atoms in total.